The number of ketones is 1. The number of aryl methyl sites for hydroxylation is 1. The van der Waals surface area contributed by atoms with Crippen molar-refractivity contribution in [1.82, 2.24) is 19.5 Å². The van der Waals surface area contributed by atoms with Crippen molar-refractivity contribution >= 4 is 28.6 Å². The summed E-state index contributed by atoms with van der Waals surface area (Å²) in [7, 11) is 1.42. The minimum Gasteiger partial charge on any atom is -0.471 e. The van der Waals surface area contributed by atoms with E-state index in [-0.39, 0.29) is 35.5 Å². The van der Waals surface area contributed by atoms with Crippen LogP contribution in [0.15, 0.2) is 24.5 Å². The number of hydrogen-bond acceptors (Lipinski definition) is 7. The number of amides is 1. The smallest absolute Gasteiger partial charge is 0.414 e. The molecule has 2 aliphatic rings. The van der Waals surface area contributed by atoms with E-state index < -0.39 is 0 Å². The average molecular weight is 534 g/mol. The Balaban J connectivity index is 1.62. The van der Waals surface area contributed by atoms with Crippen LogP contribution in [0, 0.1) is 5.92 Å². The maximum atomic E-state index is 12.7. The molecule has 9 nitrogen and oxygen atoms in total. The highest BCUT2D eigenvalue weighted by Gasteiger charge is 2.33. The van der Waals surface area contributed by atoms with Crippen molar-refractivity contribution < 1.29 is 19.1 Å². The van der Waals surface area contributed by atoms with Gasteiger partial charge in [0.05, 0.1) is 42.1 Å². The summed E-state index contributed by atoms with van der Waals surface area (Å²) in [5.74, 6) is 1.68. The Morgan fingerprint density at radius 2 is 1.90 bits per heavy atom. The molecule has 0 bridgehead atoms. The summed E-state index contributed by atoms with van der Waals surface area (Å²) in [6.07, 6.45) is 8.90. The zero-order valence-corrected chi connectivity index (χ0v) is 23.9. The van der Waals surface area contributed by atoms with E-state index in [1.807, 2.05) is 33.8 Å². The van der Waals surface area contributed by atoms with Crippen LogP contribution in [0.3, 0.4) is 0 Å². The van der Waals surface area contributed by atoms with Gasteiger partial charge in [0.25, 0.3) is 0 Å². The summed E-state index contributed by atoms with van der Waals surface area (Å²) in [6, 6.07) is 4.29. The van der Waals surface area contributed by atoms with E-state index in [1.54, 1.807) is 24.2 Å². The van der Waals surface area contributed by atoms with Crippen LogP contribution in [-0.2, 0) is 22.4 Å². The Labute approximate surface area is 229 Å². The van der Waals surface area contributed by atoms with Gasteiger partial charge in [-0.2, -0.15) is 0 Å². The van der Waals surface area contributed by atoms with E-state index in [9.17, 15) is 9.59 Å². The topological polar surface area (TPSA) is 99.4 Å². The minimum absolute atomic E-state index is 0.0412. The van der Waals surface area contributed by atoms with Gasteiger partial charge in [0.2, 0.25) is 5.88 Å². The first kappa shape index (κ1) is 27.1. The molecule has 1 saturated carbocycles. The molecule has 1 aliphatic heterocycles. The predicted molar refractivity (Wildman–Crippen MR) is 149 cm³/mol. The molecule has 1 aromatic carbocycles. The lowest BCUT2D eigenvalue weighted by Gasteiger charge is -2.34. The second kappa shape index (κ2) is 10.6. The van der Waals surface area contributed by atoms with Crippen molar-refractivity contribution in [3.05, 3.63) is 41.6 Å². The van der Waals surface area contributed by atoms with Crippen LogP contribution in [0.1, 0.15) is 89.8 Å². The third kappa shape index (κ3) is 5.49. The van der Waals surface area contributed by atoms with Gasteiger partial charge in [-0.05, 0) is 78.9 Å². The number of nitrogens with zero attached hydrogens (tertiary/aromatic N) is 5. The van der Waals surface area contributed by atoms with E-state index in [1.165, 1.54) is 7.11 Å². The third-order valence-electron chi connectivity index (χ3n) is 7.90. The summed E-state index contributed by atoms with van der Waals surface area (Å²) in [5.41, 5.74) is 4.24. The van der Waals surface area contributed by atoms with E-state index >= 15 is 0 Å². The molecular weight excluding hydrogens is 494 g/mol. The lowest BCUT2D eigenvalue weighted by molar-refractivity contribution is -0.122. The molecule has 3 atom stereocenters. The maximum Gasteiger partial charge on any atom is 0.414 e. The minimum atomic E-state index is -0.383. The lowest BCUT2D eigenvalue weighted by atomic mass is 9.83. The Morgan fingerprint density at radius 1 is 1.10 bits per heavy atom. The Hall–Kier alpha value is -3.49. The van der Waals surface area contributed by atoms with Gasteiger partial charge in [-0.15, -0.1) is 0 Å². The monoisotopic (exact) mass is 533 g/mol. The van der Waals surface area contributed by atoms with Crippen LogP contribution in [0.2, 0.25) is 0 Å². The van der Waals surface area contributed by atoms with Crippen molar-refractivity contribution in [2.75, 3.05) is 12.0 Å². The van der Waals surface area contributed by atoms with Gasteiger partial charge in [-0.3, -0.25) is 14.7 Å². The van der Waals surface area contributed by atoms with Crippen molar-refractivity contribution in [1.29, 1.82) is 0 Å². The SMILES string of the molecule is COC(=O)N1c2ccc3c(nc(Cc4cncc(OC(C)(C)C)n4)n3[C@@H]3CCC[C@@H](C(C)=O)C3)c2CC[C@@H]1C. The normalized spacial score (nSPS) is 21.5. The predicted octanol–water partition coefficient (Wildman–Crippen LogP) is 5.82. The van der Waals surface area contributed by atoms with E-state index in [4.69, 9.17) is 19.4 Å². The Kier molecular flexibility index (Phi) is 7.35. The van der Waals surface area contributed by atoms with Crippen molar-refractivity contribution in [3.63, 3.8) is 0 Å². The number of methoxy groups -OCH3 is 1. The first-order valence-corrected chi connectivity index (χ1v) is 14.0. The Morgan fingerprint density at radius 3 is 2.62 bits per heavy atom. The number of anilines is 1. The molecule has 1 fully saturated rings. The van der Waals surface area contributed by atoms with Gasteiger partial charge in [0, 0.05) is 29.8 Å². The van der Waals surface area contributed by atoms with E-state index in [0.717, 1.165) is 72.3 Å². The zero-order chi connectivity index (χ0) is 27.9. The number of ether oxygens (including phenoxy) is 2. The fraction of sp³-hybridized carbons (Fsp3) is 0.567. The molecule has 0 unspecified atom stereocenters. The highest BCUT2D eigenvalue weighted by Crippen LogP contribution is 2.41. The summed E-state index contributed by atoms with van der Waals surface area (Å²) in [4.78, 5) is 41.1. The molecule has 208 valence electrons. The van der Waals surface area contributed by atoms with E-state index in [0.29, 0.717) is 12.3 Å². The molecule has 1 aliphatic carbocycles. The van der Waals surface area contributed by atoms with Gasteiger partial charge in [-0.25, -0.2) is 14.8 Å². The van der Waals surface area contributed by atoms with Crippen molar-refractivity contribution in [2.45, 2.75) is 97.2 Å². The van der Waals surface area contributed by atoms with Crippen LogP contribution in [-0.4, -0.2) is 50.1 Å². The largest absolute Gasteiger partial charge is 0.471 e. The number of imidazole rings is 1. The number of rotatable bonds is 5. The fourth-order valence-electron chi connectivity index (χ4n) is 6.12. The molecule has 1 amide bonds. The first-order chi connectivity index (χ1) is 18.6. The maximum absolute atomic E-state index is 12.7. The number of carbonyl (C=O) groups is 2. The molecule has 0 radical (unpaired) electrons. The summed E-state index contributed by atoms with van der Waals surface area (Å²) < 4.78 is 13.4. The van der Waals surface area contributed by atoms with Crippen LogP contribution < -0.4 is 9.64 Å². The summed E-state index contributed by atoms with van der Waals surface area (Å²) in [6.45, 7) is 9.70. The van der Waals surface area contributed by atoms with Gasteiger partial charge in [0.15, 0.2) is 0 Å². The number of benzene rings is 1. The van der Waals surface area contributed by atoms with Crippen molar-refractivity contribution in [2.24, 2.45) is 5.92 Å². The van der Waals surface area contributed by atoms with Crippen LogP contribution in [0.4, 0.5) is 10.5 Å². The summed E-state index contributed by atoms with van der Waals surface area (Å²) in [5, 5.41) is 0. The van der Waals surface area contributed by atoms with Crippen LogP contribution in [0.5, 0.6) is 5.88 Å². The molecule has 2 aromatic heterocycles. The molecule has 3 aromatic rings. The number of aromatic nitrogens is 4. The molecule has 3 heterocycles. The van der Waals surface area contributed by atoms with Gasteiger partial charge in [-0.1, -0.05) is 6.42 Å². The third-order valence-corrected chi connectivity index (χ3v) is 7.90. The fourth-order valence-corrected chi connectivity index (χ4v) is 6.12. The van der Waals surface area contributed by atoms with Gasteiger partial charge < -0.3 is 14.0 Å². The summed E-state index contributed by atoms with van der Waals surface area (Å²) >= 11 is 0. The second-order valence-corrected chi connectivity index (χ2v) is 11.9. The highest BCUT2D eigenvalue weighted by molar-refractivity contribution is 5.95. The quantitative estimate of drug-likeness (QED) is 0.407. The lowest BCUT2D eigenvalue weighted by Crippen LogP contribution is -2.42. The molecule has 9 heteroatoms. The molecule has 5 rings (SSSR count). The molecular formula is C30H39N5O4. The van der Waals surface area contributed by atoms with Gasteiger partial charge >= 0.3 is 6.09 Å². The molecule has 0 saturated heterocycles. The molecule has 0 spiro atoms. The van der Waals surface area contributed by atoms with E-state index in [2.05, 4.69) is 15.6 Å². The number of carbonyl (C=O) groups excluding carboxylic acids is 2. The molecule has 0 N–H and O–H groups in total. The van der Waals surface area contributed by atoms with Gasteiger partial charge in [0.1, 0.15) is 17.2 Å². The average Bonchev–Trinajstić information content (AvgIpc) is 3.25. The standard InChI is InChI=1S/C30H39N5O4/c1-18-10-11-23-24(34(18)29(37)38-6)12-13-25-28(23)33-26(35(25)22-9-7-8-20(14-22)19(2)36)15-21-16-31-17-27(32-21)39-30(3,4)5/h12-13,16-18,20,22H,7-11,14-15H2,1-6H3/t18-,20+,22+/m0/s1. The van der Waals surface area contributed by atoms with Crippen molar-refractivity contribution in [3.8, 4) is 5.88 Å². The number of hydrogen-bond donors (Lipinski definition) is 0. The number of Topliss-reactive ketones (excluding diaryl/α,β-unsaturated/α-hetero) is 1. The second-order valence-electron chi connectivity index (χ2n) is 11.9. The zero-order valence-electron chi connectivity index (χ0n) is 23.9. The molecule has 39 heavy (non-hydrogen) atoms. The number of fused-ring (bicyclic) bond motifs is 3. The first-order valence-electron chi connectivity index (χ1n) is 14.0. The van der Waals surface area contributed by atoms with Crippen LogP contribution >= 0.6 is 0 Å². The highest BCUT2D eigenvalue weighted by atomic mass is 16.5. The van der Waals surface area contributed by atoms with Crippen LogP contribution in [0.25, 0.3) is 11.0 Å². The Bertz CT molecular complexity index is 1390.